The summed E-state index contributed by atoms with van der Waals surface area (Å²) in [6, 6.07) is 8.70. The number of aromatic nitrogens is 2. The molecule has 1 aromatic heterocycles. The minimum atomic E-state index is -1.59. The number of piperidine rings is 1. The lowest BCUT2D eigenvalue weighted by Crippen LogP contribution is -2.61. The summed E-state index contributed by atoms with van der Waals surface area (Å²) in [4.78, 5) is 25.3. The number of nitriles is 2. The molecule has 3 rings (SSSR count). The Bertz CT molecular complexity index is 1130. The average molecular weight is 453 g/mol. The molecule has 172 valence electrons. The molecule has 0 radical (unpaired) electrons. The van der Waals surface area contributed by atoms with Gasteiger partial charge in [0.2, 0.25) is 0 Å². The third kappa shape index (κ3) is 4.44. The number of halogens is 1. The monoisotopic (exact) mass is 453 g/mol. The molecular weight excluding hydrogens is 429 g/mol. The summed E-state index contributed by atoms with van der Waals surface area (Å²) in [5, 5.41) is 37.3. The second-order valence-corrected chi connectivity index (χ2v) is 8.40. The van der Waals surface area contributed by atoms with Crippen LogP contribution >= 0.6 is 0 Å². The van der Waals surface area contributed by atoms with Gasteiger partial charge in [0, 0.05) is 18.4 Å². The van der Waals surface area contributed by atoms with Crippen molar-refractivity contribution in [2.24, 2.45) is 17.6 Å². The number of likely N-dealkylation sites (tertiary alicyclic amines) is 1. The number of hydrogen-bond acceptors (Lipinski definition) is 6. The van der Waals surface area contributed by atoms with Gasteiger partial charge in [-0.3, -0.25) is 14.4 Å². The number of hydrogen-bond donors (Lipinski definition) is 3. The molecule has 0 aliphatic carbocycles. The van der Waals surface area contributed by atoms with Crippen LogP contribution in [0.1, 0.15) is 43.1 Å². The van der Waals surface area contributed by atoms with Crippen LogP contribution < -0.4 is 11.1 Å². The molecule has 3 unspecified atom stereocenters. The number of anilines is 2. The van der Waals surface area contributed by atoms with Crippen LogP contribution in [0.25, 0.3) is 0 Å². The van der Waals surface area contributed by atoms with Crippen LogP contribution in [0.3, 0.4) is 0 Å². The van der Waals surface area contributed by atoms with Crippen LogP contribution in [0.5, 0.6) is 0 Å². The van der Waals surface area contributed by atoms with E-state index in [9.17, 15) is 29.6 Å². The predicted molar refractivity (Wildman–Crippen MR) is 116 cm³/mol. The van der Waals surface area contributed by atoms with Crippen molar-refractivity contribution in [1.82, 2.24) is 14.7 Å². The fraction of sp³-hybridized carbons (Fsp3) is 0.409. The van der Waals surface area contributed by atoms with Crippen LogP contribution in [0, 0.1) is 40.3 Å². The van der Waals surface area contributed by atoms with Crippen LogP contribution in [0.4, 0.5) is 20.7 Å². The van der Waals surface area contributed by atoms with E-state index in [4.69, 9.17) is 5.73 Å². The molecule has 2 heterocycles. The van der Waals surface area contributed by atoms with Gasteiger partial charge in [-0.05, 0) is 43.0 Å². The van der Waals surface area contributed by atoms with Gasteiger partial charge in [0.15, 0.2) is 11.4 Å². The lowest BCUT2D eigenvalue weighted by atomic mass is 9.72. The van der Waals surface area contributed by atoms with Gasteiger partial charge in [-0.25, -0.2) is 9.18 Å². The Morgan fingerprint density at radius 2 is 2.03 bits per heavy atom. The van der Waals surface area contributed by atoms with E-state index in [-0.39, 0.29) is 36.7 Å². The highest BCUT2D eigenvalue weighted by Gasteiger charge is 2.55. The Kier molecular flexibility index (Phi) is 6.54. The van der Waals surface area contributed by atoms with Gasteiger partial charge in [-0.1, -0.05) is 13.8 Å². The van der Waals surface area contributed by atoms with Crippen molar-refractivity contribution in [2.45, 2.75) is 38.3 Å². The fourth-order valence-corrected chi connectivity index (χ4v) is 4.42. The number of nitrogens with zero attached hydrogens (tertiary/aromatic N) is 5. The van der Waals surface area contributed by atoms with E-state index in [1.54, 1.807) is 0 Å². The normalized spacial score (nSPS) is 22.4. The van der Waals surface area contributed by atoms with Gasteiger partial charge in [-0.15, -0.1) is 0 Å². The number of nitrogens with one attached hydrogen (secondary N) is 1. The lowest BCUT2D eigenvalue weighted by Gasteiger charge is -2.48. The van der Waals surface area contributed by atoms with E-state index in [2.05, 4.69) is 22.6 Å². The molecule has 1 aliphatic rings. The molecule has 3 atom stereocenters. The maximum atomic E-state index is 13.3. The number of carbonyl (C=O) groups excluding carboxylic acids is 1. The molecule has 1 fully saturated rings. The average Bonchev–Trinajstić information content (AvgIpc) is 3.17. The highest BCUT2D eigenvalue weighted by Crippen LogP contribution is 2.45. The van der Waals surface area contributed by atoms with Crippen molar-refractivity contribution in [1.29, 1.82) is 10.5 Å². The first kappa shape index (κ1) is 23.5. The Balaban J connectivity index is 2.16. The van der Waals surface area contributed by atoms with Crippen molar-refractivity contribution in [3.8, 4) is 12.1 Å². The van der Waals surface area contributed by atoms with Gasteiger partial charge < -0.3 is 16.2 Å². The maximum absolute atomic E-state index is 13.3. The van der Waals surface area contributed by atoms with E-state index >= 15 is 0 Å². The molecule has 0 bridgehead atoms. The SMILES string of the molecule is CC(C)CC1(C#N)C(n2cc(C(N)=O)c(Nc3ccc(F)cc3)n2)C(C#N)CCN1C(=O)O. The molecule has 2 amide bonds. The molecule has 1 aliphatic heterocycles. The molecule has 0 spiro atoms. The highest BCUT2D eigenvalue weighted by molar-refractivity contribution is 5.98. The molecule has 4 N–H and O–H groups in total. The van der Waals surface area contributed by atoms with Gasteiger partial charge in [0.05, 0.1) is 18.1 Å². The van der Waals surface area contributed by atoms with Crippen molar-refractivity contribution >= 4 is 23.5 Å². The summed E-state index contributed by atoms with van der Waals surface area (Å²) in [5.41, 5.74) is 4.36. The van der Waals surface area contributed by atoms with Crippen molar-refractivity contribution in [2.75, 3.05) is 11.9 Å². The molecule has 1 aromatic carbocycles. The van der Waals surface area contributed by atoms with E-state index in [0.717, 1.165) is 4.90 Å². The number of primary amides is 1. The summed E-state index contributed by atoms with van der Waals surface area (Å²) < 4.78 is 14.5. The standard InChI is InChI=1S/C22H24FN7O3/c1-13(2)9-22(12-25)18(14(10-24)7-8-29(22)21(32)33)30-11-17(19(26)31)20(28-30)27-16-5-3-15(23)4-6-16/h3-6,11,13-14,18H,7-9H2,1-2H3,(H2,26,31)(H,27,28)(H,32,33). The zero-order valence-electron chi connectivity index (χ0n) is 18.2. The first-order valence-electron chi connectivity index (χ1n) is 10.4. The van der Waals surface area contributed by atoms with Crippen LogP contribution in [-0.4, -0.2) is 43.9 Å². The molecule has 0 saturated carbocycles. The van der Waals surface area contributed by atoms with Crippen LogP contribution in [0.2, 0.25) is 0 Å². The van der Waals surface area contributed by atoms with E-state index in [1.807, 2.05) is 13.8 Å². The Morgan fingerprint density at radius 3 is 2.55 bits per heavy atom. The Hall–Kier alpha value is -4.12. The summed E-state index contributed by atoms with van der Waals surface area (Å²) >= 11 is 0. The summed E-state index contributed by atoms with van der Waals surface area (Å²) in [5.74, 6) is -2.01. The Labute approximate surface area is 190 Å². The minimum absolute atomic E-state index is 0.0140. The van der Waals surface area contributed by atoms with Gasteiger partial charge in [0.1, 0.15) is 17.4 Å². The molecule has 33 heavy (non-hydrogen) atoms. The van der Waals surface area contributed by atoms with E-state index in [0.29, 0.717) is 5.69 Å². The zero-order chi connectivity index (χ0) is 24.3. The number of benzene rings is 1. The lowest BCUT2D eigenvalue weighted by molar-refractivity contribution is 0.0112. The largest absolute Gasteiger partial charge is 0.465 e. The van der Waals surface area contributed by atoms with Crippen molar-refractivity contribution in [3.63, 3.8) is 0 Å². The topological polar surface area (TPSA) is 161 Å². The van der Waals surface area contributed by atoms with Gasteiger partial charge in [0.25, 0.3) is 5.91 Å². The Morgan fingerprint density at radius 1 is 1.36 bits per heavy atom. The van der Waals surface area contributed by atoms with Crippen molar-refractivity contribution in [3.05, 3.63) is 41.8 Å². The van der Waals surface area contributed by atoms with Gasteiger partial charge in [-0.2, -0.15) is 15.6 Å². The number of nitrogens with two attached hydrogens (primary N) is 1. The minimum Gasteiger partial charge on any atom is -0.465 e. The highest BCUT2D eigenvalue weighted by atomic mass is 19.1. The predicted octanol–water partition coefficient (Wildman–Crippen LogP) is 3.24. The number of rotatable bonds is 6. The zero-order valence-corrected chi connectivity index (χ0v) is 18.2. The summed E-state index contributed by atoms with van der Waals surface area (Å²) in [7, 11) is 0. The molecule has 1 saturated heterocycles. The third-order valence-corrected chi connectivity index (χ3v) is 5.71. The first-order valence-corrected chi connectivity index (χ1v) is 10.4. The third-order valence-electron chi connectivity index (χ3n) is 5.71. The quantitative estimate of drug-likeness (QED) is 0.605. The molecule has 2 aromatic rings. The molecular formula is C22H24FN7O3. The van der Waals surface area contributed by atoms with Crippen LogP contribution in [0.15, 0.2) is 30.5 Å². The number of carbonyl (C=O) groups is 2. The molecule has 11 heteroatoms. The fourth-order valence-electron chi connectivity index (χ4n) is 4.42. The van der Waals surface area contributed by atoms with Crippen LogP contribution in [-0.2, 0) is 0 Å². The summed E-state index contributed by atoms with van der Waals surface area (Å²) in [6.45, 7) is 3.73. The maximum Gasteiger partial charge on any atom is 0.408 e. The smallest absolute Gasteiger partial charge is 0.408 e. The first-order chi connectivity index (χ1) is 15.6. The van der Waals surface area contributed by atoms with E-state index in [1.165, 1.54) is 35.1 Å². The second kappa shape index (κ2) is 9.17. The number of amides is 2. The van der Waals surface area contributed by atoms with E-state index < -0.39 is 35.3 Å². The second-order valence-electron chi connectivity index (χ2n) is 8.40. The number of carboxylic acid groups (broad SMARTS) is 1. The molecule has 10 nitrogen and oxygen atoms in total. The van der Waals surface area contributed by atoms with Gasteiger partial charge >= 0.3 is 6.09 Å². The van der Waals surface area contributed by atoms with Crippen molar-refractivity contribution < 1.29 is 19.1 Å². The summed E-state index contributed by atoms with van der Waals surface area (Å²) in [6.07, 6.45) is 0.402.